The number of aromatic nitrogens is 2. The fourth-order valence-electron chi connectivity index (χ4n) is 11.7. The van der Waals surface area contributed by atoms with Crippen molar-refractivity contribution in [2.45, 2.75) is 189 Å². The molecule has 4 aliphatic rings. The molecule has 3 aliphatic heterocycles. The van der Waals surface area contributed by atoms with E-state index in [4.69, 9.17) is 27.1 Å². The molecule has 24 nitrogen and oxygen atoms in total. The molecule has 1 aromatic carbocycles. The molecule has 2 saturated heterocycles. The average Bonchev–Trinajstić information content (AvgIpc) is 4.06. The summed E-state index contributed by atoms with van der Waals surface area (Å²) in [6.45, 7) is 7.21. The summed E-state index contributed by atoms with van der Waals surface area (Å²) in [6.07, 6.45) is 5.04. The zero-order valence-corrected chi connectivity index (χ0v) is 52.9. The van der Waals surface area contributed by atoms with Crippen LogP contribution in [0.2, 0.25) is 5.02 Å². The maximum absolute atomic E-state index is 15.1. The molecule has 9 amide bonds. The van der Waals surface area contributed by atoms with E-state index < -0.39 is 132 Å². The van der Waals surface area contributed by atoms with Gasteiger partial charge in [0.1, 0.15) is 47.8 Å². The Balaban J connectivity index is 1.14. The zero-order chi connectivity index (χ0) is 63.7. The van der Waals surface area contributed by atoms with Gasteiger partial charge >= 0.3 is 5.97 Å². The fraction of sp³-hybridized carbons (Fsp3) is 0.623. The molecule has 27 heteroatoms. The fourth-order valence-corrected chi connectivity index (χ4v) is 13.8. The van der Waals surface area contributed by atoms with E-state index in [0.29, 0.717) is 28.6 Å². The maximum Gasteiger partial charge on any atom is 0.303 e. The summed E-state index contributed by atoms with van der Waals surface area (Å²) in [6, 6.07) is 1.87. The van der Waals surface area contributed by atoms with Gasteiger partial charge in [-0.05, 0) is 79.3 Å². The number of carboxylic acids is 1. The molecule has 0 radical (unpaired) electrons. The number of likely N-dealkylation sites (tertiary alicyclic amines) is 1. The number of benzene rings is 1. The third kappa shape index (κ3) is 19.5. The molecule has 7 rings (SSSR count). The molecule has 12 N–H and O–H groups in total. The number of aliphatic hydroxyl groups is 1. The Bertz CT molecular complexity index is 2980. The SMILES string of the molecule is CC[C@H](C)[C@@H]1NC(=O)[C@H](CC2CCCCC2)NC(=O)C2(CCOCC2)NC(=O)[C@@H](NC(=O)[C@@H](CC(C)C)NC(=O)[C@H](CCC(=O)O)NC(=O)[C@@H]2C[C@@H](O)CN2C(=O)CCc2c[nH]c3ccc(Cl)cc23)CSCc2cccc(n2)CSC[C@@H](C(N)=O)NC1=O. The van der Waals surface area contributed by atoms with E-state index in [0.717, 1.165) is 48.6 Å². The largest absolute Gasteiger partial charge is 0.481 e. The Morgan fingerprint density at radius 1 is 0.875 bits per heavy atom. The molecule has 5 heterocycles. The van der Waals surface area contributed by atoms with Gasteiger partial charge in [-0.15, -0.1) is 0 Å². The molecule has 1 saturated carbocycles. The van der Waals surface area contributed by atoms with Crippen LogP contribution in [0.1, 0.15) is 135 Å². The number of nitrogens with zero attached hydrogens (tertiary/aromatic N) is 2. The molecular weight excluding hydrogens is 1190 g/mol. The van der Waals surface area contributed by atoms with Gasteiger partial charge in [0.2, 0.25) is 53.2 Å². The number of pyridine rings is 1. The predicted octanol–water partition coefficient (Wildman–Crippen LogP) is 3.28. The lowest BCUT2D eigenvalue weighted by atomic mass is 9.83. The minimum absolute atomic E-state index is 0.0147. The Morgan fingerprint density at radius 3 is 2.25 bits per heavy atom. The van der Waals surface area contributed by atoms with E-state index in [1.165, 1.54) is 28.4 Å². The number of carbonyl (C=O) groups excluding carboxylic acids is 9. The number of thioether (sulfide) groups is 2. The van der Waals surface area contributed by atoms with Crippen LogP contribution in [0.4, 0.5) is 0 Å². The van der Waals surface area contributed by atoms with Crippen molar-refractivity contribution in [2.75, 3.05) is 31.3 Å². The highest BCUT2D eigenvalue weighted by atomic mass is 35.5. The van der Waals surface area contributed by atoms with Crippen LogP contribution >= 0.6 is 35.1 Å². The highest BCUT2D eigenvalue weighted by Crippen LogP contribution is 2.30. The van der Waals surface area contributed by atoms with Crippen LogP contribution in [0.5, 0.6) is 0 Å². The average molecular weight is 1280 g/mol. The third-order valence-corrected chi connectivity index (χ3v) is 19.3. The molecule has 3 aromatic rings. The summed E-state index contributed by atoms with van der Waals surface area (Å²) < 4.78 is 5.72. The highest BCUT2D eigenvalue weighted by Gasteiger charge is 2.46. The lowest BCUT2D eigenvalue weighted by molar-refractivity contribution is -0.141. The van der Waals surface area contributed by atoms with Gasteiger partial charge in [-0.2, -0.15) is 23.5 Å². The lowest BCUT2D eigenvalue weighted by Crippen LogP contribution is -2.67. The highest BCUT2D eigenvalue weighted by molar-refractivity contribution is 7.98. The van der Waals surface area contributed by atoms with Crippen molar-refractivity contribution in [3.63, 3.8) is 0 Å². The summed E-state index contributed by atoms with van der Waals surface area (Å²) in [4.78, 5) is 150. The van der Waals surface area contributed by atoms with Gasteiger partial charge in [-0.25, -0.2) is 0 Å². The third-order valence-electron chi connectivity index (χ3n) is 16.9. The molecule has 0 unspecified atom stereocenters. The zero-order valence-electron chi connectivity index (χ0n) is 50.5. The maximum atomic E-state index is 15.1. The summed E-state index contributed by atoms with van der Waals surface area (Å²) in [5, 5.41) is 41.7. The van der Waals surface area contributed by atoms with E-state index in [1.54, 1.807) is 57.3 Å². The van der Waals surface area contributed by atoms with Gasteiger partial charge in [0, 0.05) is 97.0 Å². The second-order valence-electron chi connectivity index (χ2n) is 24.1. The summed E-state index contributed by atoms with van der Waals surface area (Å²) in [5.41, 5.74) is 7.06. The number of amides is 9. The number of aliphatic carboxylic acids is 1. The van der Waals surface area contributed by atoms with Crippen molar-refractivity contribution in [1.82, 2.24) is 52.1 Å². The number of hydrogen-bond donors (Lipinski definition) is 11. The number of β-amino-alcohol motifs (C(OH)–C–C–N with tert-alkyl or cyclic N) is 1. The second-order valence-corrected chi connectivity index (χ2v) is 26.6. The first-order valence-electron chi connectivity index (χ1n) is 30.6. The number of aliphatic hydroxyl groups excluding tert-OH is 1. The monoisotopic (exact) mass is 1280 g/mol. The number of carboxylic acid groups (broad SMARTS) is 1. The number of fused-ring (bicyclic) bond motifs is 3. The number of aryl methyl sites for hydroxylation is 1. The quantitative estimate of drug-likeness (QED) is 0.0820. The molecule has 88 heavy (non-hydrogen) atoms. The van der Waals surface area contributed by atoms with E-state index in [2.05, 4.69) is 42.2 Å². The lowest BCUT2D eigenvalue weighted by Gasteiger charge is -2.39. The van der Waals surface area contributed by atoms with Crippen LogP contribution in [0.15, 0.2) is 42.6 Å². The van der Waals surface area contributed by atoms with Crippen LogP contribution in [0.3, 0.4) is 0 Å². The summed E-state index contributed by atoms with van der Waals surface area (Å²) in [7, 11) is 0. The van der Waals surface area contributed by atoms with E-state index in [-0.39, 0.29) is 93.8 Å². The van der Waals surface area contributed by atoms with Crippen molar-refractivity contribution in [3.8, 4) is 0 Å². The van der Waals surface area contributed by atoms with E-state index in [9.17, 15) is 48.6 Å². The van der Waals surface area contributed by atoms with Crippen LogP contribution in [0.25, 0.3) is 10.9 Å². The Morgan fingerprint density at radius 2 is 1.58 bits per heavy atom. The molecular formula is C61H86ClN11O13S2. The first-order chi connectivity index (χ1) is 42.0. The van der Waals surface area contributed by atoms with Gasteiger partial charge in [0.15, 0.2) is 0 Å². The number of H-pyrrole nitrogens is 1. The summed E-state index contributed by atoms with van der Waals surface area (Å²) >= 11 is 8.82. The van der Waals surface area contributed by atoms with Crippen LogP contribution in [-0.4, -0.2) is 169 Å². The van der Waals surface area contributed by atoms with Crippen LogP contribution < -0.4 is 43.0 Å². The Hall–Kier alpha value is -6.48. The van der Waals surface area contributed by atoms with Gasteiger partial charge in [-0.1, -0.05) is 83.9 Å². The first-order valence-corrected chi connectivity index (χ1v) is 33.3. The van der Waals surface area contributed by atoms with E-state index >= 15 is 9.59 Å². The van der Waals surface area contributed by atoms with Crippen LogP contribution in [-0.2, 0) is 70.6 Å². The number of halogens is 1. The number of rotatable bonds is 19. The first kappa shape index (κ1) is 69.0. The molecule has 1 spiro atoms. The number of hydrogen-bond acceptors (Lipinski definition) is 15. The standard InChI is InChI=1S/C61H86ClN11O13S2/c1-5-35(4)52-59(84)68-47(53(63)78)32-87-30-39-12-9-13-40(65-39)31-88-33-48(57(82)72-61(20-22-86-23-21-61)60(85)70-46(56(81)71-52)25-36-10-7-6-8-11-36)69-55(80)45(24-34(2)3)67-54(79)44(17-19-51(76)77)66-58(83)49-27-41(74)29-73(49)50(75)18-14-37-28-64-43-16-15-38(62)26-42(37)43/h9,12-13,15-16,26,28,34-36,41,44-49,52,64,74H,5-8,10-11,14,17-25,27,29-33H2,1-4H3,(H2,63,78)(H,66,83)(H,67,79)(H,68,84)(H,69,80)(H,70,85)(H,71,81)(H,72,82)(H,76,77)/t35-,41+,44-,45+,46-,47-,48-,49-,52-/m0/s1. The normalized spacial score (nSPS) is 23.9. The molecule has 2 bridgehead atoms. The Kier molecular flexibility index (Phi) is 25.7. The van der Waals surface area contributed by atoms with Gasteiger partial charge in [0.05, 0.1) is 17.5 Å². The molecule has 482 valence electrons. The van der Waals surface area contributed by atoms with Gasteiger partial charge in [0.25, 0.3) is 0 Å². The minimum Gasteiger partial charge on any atom is -0.481 e. The van der Waals surface area contributed by atoms with Gasteiger partial charge < -0.3 is 67.8 Å². The Labute approximate surface area is 526 Å². The van der Waals surface area contributed by atoms with Crippen molar-refractivity contribution in [2.24, 2.45) is 23.5 Å². The van der Waals surface area contributed by atoms with E-state index in [1.807, 2.05) is 13.0 Å². The molecule has 9 atom stereocenters. The van der Waals surface area contributed by atoms with Crippen molar-refractivity contribution in [3.05, 3.63) is 64.6 Å². The second kappa shape index (κ2) is 32.8. The molecule has 1 aliphatic carbocycles. The molecule has 3 fully saturated rings. The topological polar surface area (TPSA) is 363 Å². The summed E-state index contributed by atoms with van der Waals surface area (Å²) in [5.74, 6) is -7.68. The van der Waals surface area contributed by atoms with Crippen molar-refractivity contribution in [1.29, 1.82) is 0 Å². The number of primary amides is 1. The number of nitrogens with two attached hydrogens (primary N) is 1. The van der Waals surface area contributed by atoms with Gasteiger partial charge in [-0.3, -0.25) is 52.9 Å². The smallest absolute Gasteiger partial charge is 0.303 e. The van der Waals surface area contributed by atoms with Crippen molar-refractivity contribution >= 4 is 105 Å². The number of nitrogens with one attached hydrogen (secondary N) is 8. The number of aromatic amines is 1. The number of ether oxygens (including phenoxy) is 1. The minimum atomic E-state index is -1.66. The number of carbonyl (C=O) groups is 10. The molecule has 2 aromatic heterocycles. The predicted molar refractivity (Wildman–Crippen MR) is 333 cm³/mol. The van der Waals surface area contributed by atoms with Crippen LogP contribution in [0, 0.1) is 17.8 Å². The van der Waals surface area contributed by atoms with Crippen molar-refractivity contribution < 1.29 is 62.9 Å².